The van der Waals surface area contributed by atoms with Crippen molar-refractivity contribution in [1.29, 1.82) is 0 Å². The van der Waals surface area contributed by atoms with Gasteiger partial charge in [0.2, 0.25) is 0 Å². The van der Waals surface area contributed by atoms with Gasteiger partial charge in [-0.1, -0.05) is 18.2 Å². The minimum Gasteiger partial charge on any atom is -0.325 e. The maximum atomic E-state index is 12.6. The van der Waals surface area contributed by atoms with E-state index in [1.165, 1.54) is 9.13 Å². The highest BCUT2D eigenvalue weighted by Gasteiger charge is 2.17. The standard InChI is InChI=1S/C15H16N4O2/c1-3-17-10-16-13-12(17)14(20)18(4-2)15(21)19(13)11-8-6-5-7-9-11/h5-10H,3-4H2,1-2H3. The van der Waals surface area contributed by atoms with Gasteiger partial charge in [0.15, 0.2) is 11.2 Å². The summed E-state index contributed by atoms with van der Waals surface area (Å²) in [5.41, 5.74) is 0.924. The first-order valence-electron chi connectivity index (χ1n) is 6.95. The number of nitrogens with zero attached hydrogens (tertiary/aromatic N) is 4. The Bertz CT molecular complexity index is 903. The molecule has 6 heteroatoms. The third-order valence-corrected chi connectivity index (χ3v) is 3.57. The van der Waals surface area contributed by atoms with Gasteiger partial charge in [0.05, 0.1) is 12.0 Å². The highest BCUT2D eigenvalue weighted by atomic mass is 16.2. The van der Waals surface area contributed by atoms with E-state index in [4.69, 9.17) is 0 Å². The Labute approximate surface area is 120 Å². The zero-order chi connectivity index (χ0) is 15.0. The molecule has 108 valence electrons. The molecule has 1 aromatic carbocycles. The molecule has 0 atom stereocenters. The van der Waals surface area contributed by atoms with Crippen molar-refractivity contribution in [3.05, 3.63) is 57.5 Å². The van der Waals surface area contributed by atoms with Gasteiger partial charge in [0, 0.05) is 13.1 Å². The van der Waals surface area contributed by atoms with Crippen LogP contribution in [0.3, 0.4) is 0 Å². The predicted octanol–water partition coefficient (Wildman–Crippen LogP) is 1.39. The number of imidazole rings is 1. The van der Waals surface area contributed by atoms with Crippen molar-refractivity contribution in [2.24, 2.45) is 0 Å². The summed E-state index contributed by atoms with van der Waals surface area (Å²) < 4.78 is 4.50. The van der Waals surface area contributed by atoms with Crippen molar-refractivity contribution in [2.75, 3.05) is 0 Å². The molecule has 0 fully saturated rings. The molecule has 0 aliphatic rings. The Morgan fingerprint density at radius 3 is 2.38 bits per heavy atom. The van der Waals surface area contributed by atoms with Gasteiger partial charge < -0.3 is 4.57 Å². The second kappa shape index (κ2) is 5.05. The Balaban J connectivity index is 2.53. The fraction of sp³-hybridized carbons (Fsp3) is 0.267. The third kappa shape index (κ3) is 1.91. The lowest BCUT2D eigenvalue weighted by molar-refractivity contribution is 0.653. The van der Waals surface area contributed by atoms with Crippen molar-refractivity contribution in [1.82, 2.24) is 18.7 Å². The van der Waals surface area contributed by atoms with Crippen molar-refractivity contribution in [3.63, 3.8) is 0 Å². The van der Waals surface area contributed by atoms with E-state index in [2.05, 4.69) is 4.98 Å². The van der Waals surface area contributed by atoms with Crippen LogP contribution in [0.4, 0.5) is 0 Å². The number of para-hydroxylation sites is 1. The lowest BCUT2D eigenvalue weighted by Crippen LogP contribution is -2.39. The molecule has 0 saturated carbocycles. The third-order valence-electron chi connectivity index (χ3n) is 3.57. The SMILES string of the molecule is CCn1c(=O)c2c(ncn2CC)n(-c2ccccc2)c1=O. The summed E-state index contributed by atoms with van der Waals surface area (Å²) >= 11 is 0. The van der Waals surface area contributed by atoms with Gasteiger partial charge in [-0.05, 0) is 26.0 Å². The second-order valence-corrected chi connectivity index (χ2v) is 4.71. The van der Waals surface area contributed by atoms with Gasteiger partial charge in [0.25, 0.3) is 5.56 Å². The van der Waals surface area contributed by atoms with Gasteiger partial charge in [0.1, 0.15) is 0 Å². The summed E-state index contributed by atoms with van der Waals surface area (Å²) in [6, 6.07) is 9.25. The topological polar surface area (TPSA) is 61.8 Å². The molecule has 0 amide bonds. The van der Waals surface area contributed by atoms with Crippen LogP contribution in [0, 0.1) is 0 Å². The molecule has 2 heterocycles. The normalized spacial score (nSPS) is 11.1. The fourth-order valence-electron chi connectivity index (χ4n) is 2.51. The van der Waals surface area contributed by atoms with Gasteiger partial charge in [-0.25, -0.2) is 14.3 Å². The van der Waals surface area contributed by atoms with E-state index in [1.807, 2.05) is 37.3 Å². The number of fused-ring (bicyclic) bond motifs is 1. The first kappa shape index (κ1) is 13.4. The molecule has 6 nitrogen and oxygen atoms in total. The quantitative estimate of drug-likeness (QED) is 0.730. The number of hydrogen-bond donors (Lipinski definition) is 0. The van der Waals surface area contributed by atoms with Crippen LogP contribution in [0.15, 0.2) is 46.2 Å². The van der Waals surface area contributed by atoms with E-state index in [-0.39, 0.29) is 11.2 Å². The predicted molar refractivity (Wildman–Crippen MR) is 80.9 cm³/mol. The lowest BCUT2D eigenvalue weighted by Gasteiger charge is -2.10. The summed E-state index contributed by atoms with van der Waals surface area (Å²) in [4.78, 5) is 29.4. The average molecular weight is 284 g/mol. The number of hydrogen-bond acceptors (Lipinski definition) is 3. The van der Waals surface area contributed by atoms with E-state index in [9.17, 15) is 9.59 Å². The summed E-state index contributed by atoms with van der Waals surface area (Å²) in [6.45, 7) is 4.68. The molecule has 0 saturated heterocycles. The number of rotatable bonds is 3. The molecule has 0 bridgehead atoms. The van der Waals surface area contributed by atoms with E-state index in [1.54, 1.807) is 17.8 Å². The Morgan fingerprint density at radius 2 is 1.76 bits per heavy atom. The second-order valence-electron chi connectivity index (χ2n) is 4.71. The minimum atomic E-state index is -0.359. The summed E-state index contributed by atoms with van der Waals surface area (Å²) in [5.74, 6) is 0. The van der Waals surface area contributed by atoms with E-state index < -0.39 is 0 Å². The molecule has 3 rings (SSSR count). The Kier molecular flexibility index (Phi) is 3.21. The van der Waals surface area contributed by atoms with Crippen LogP contribution in [0.2, 0.25) is 0 Å². The molecule has 21 heavy (non-hydrogen) atoms. The van der Waals surface area contributed by atoms with E-state index in [0.29, 0.717) is 29.9 Å². The molecule has 0 unspecified atom stereocenters. The molecule has 0 spiro atoms. The molecule has 3 aromatic rings. The molecule has 0 aliphatic heterocycles. The van der Waals surface area contributed by atoms with Gasteiger partial charge in [-0.15, -0.1) is 0 Å². The van der Waals surface area contributed by atoms with Crippen LogP contribution in [0.25, 0.3) is 16.9 Å². The van der Waals surface area contributed by atoms with Crippen molar-refractivity contribution < 1.29 is 0 Å². The fourth-order valence-corrected chi connectivity index (χ4v) is 2.51. The number of benzene rings is 1. The molecule has 0 aliphatic carbocycles. The molecule has 0 radical (unpaired) electrons. The summed E-state index contributed by atoms with van der Waals surface area (Å²) in [6.07, 6.45) is 1.60. The van der Waals surface area contributed by atoms with Crippen LogP contribution in [-0.2, 0) is 13.1 Å². The monoisotopic (exact) mass is 284 g/mol. The van der Waals surface area contributed by atoms with Crippen LogP contribution in [0.1, 0.15) is 13.8 Å². The minimum absolute atomic E-state index is 0.288. The van der Waals surface area contributed by atoms with Gasteiger partial charge in [-0.2, -0.15) is 0 Å². The van der Waals surface area contributed by atoms with Crippen molar-refractivity contribution in [3.8, 4) is 5.69 Å². The van der Waals surface area contributed by atoms with Gasteiger partial charge >= 0.3 is 5.69 Å². The van der Waals surface area contributed by atoms with Crippen LogP contribution >= 0.6 is 0 Å². The zero-order valence-electron chi connectivity index (χ0n) is 12.0. The lowest BCUT2D eigenvalue weighted by atomic mass is 10.3. The summed E-state index contributed by atoms with van der Waals surface area (Å²) in [7, 11) is 0. The smallest absolute Gasteiger partial charge is 0.325 e. The maximum Gasteiger partial charge on any atom is 0.337 e. The largest absolute Gasteiger partial charge is 0.337 e. The Hall–Kier alpha value is -2.63. The first-order chi connectivity index (χ1) is 10.2. The van der Waals surface area contributed by atoms with Crippen LogP contribution < -0.4 is 11.2 Å². The highest BCUT2D eigenvalue weighted by molar-refractivity contribution is 5.72. The van der Waals surface area contributed by atoms with Gasteiger partial charge in [-0.3, -0.25) is 9.36 Å². The average Bonchev–Trinajstić information content (AvgIpc) is 2.93. The molecule has 2 aromatic heterocycles. The van der Waals surface area contributed by atoms with E-state index >= 15 is 0 Å². The first-order valence-corrected chi connectivity index (χ1v) is 6.95. The van der Waals surface area contributed by atoms with Crippen molar-refractivity contribution in [2.45, 2.75) is 26.9 Å². The summed E-state index contributed by atoms with van der Waals surface area (Å²) in [5, 5.41) is 0. The number of aryl methyl sites for hydroxylation is 1. The van der Waals surface area contributed by atoms with Crippen molar-refractivity contribution >= 4 is 11.2 Å². The molecular formula is C15H16N4O2. The highest BCUT2D eigenvalue weighted by Crippen LogP contribution is 2.12. The van der Waals surface area contributed by atoms with Crippen LogP contribution in [-0.4, -0.2) is 18.7 Å². The Morgan fingerprint density at radius 1 is 1.05 bits per heavy atom. The maximum absolute atomic E-state index is 12.6. The zero-order valence-corrected chi connectivity index (χ0v) is 12.0. The molecule has 0 N–H and O–H groups in total. The number of aromatic nitrogens is 4. The van der Waals surface area contributed by atoms with E-state index in [0.717, 1.165) is 0 Å². The van der Waals surface area contributed by atoms with Crippen LogP contribution in [0.5, 0.6) is 0 Å². The molecular weight excluding hydrogens is 268 g/mol.